The Morgan fingerprint density at radius 1 is 0.839 bits per heavy atom. The van der Waals surface area contributed by atoms with Crippen molar-refractivity contribution in [2.45, 2.75) is 178 Å². The Labute approximate surface area is 336 Å². The highest BCUT2D eigenvalue weighted by molar-refractivity contribution is 6.07. The summed E-state index contributed by atoms with van der Waals surface area (Å²) in [7, 11) is 0. The Balaban J connectivity index is 1.23. The number of piperidine rings is 1. The van der Waals surface area contributed by atoms with Crippen molar-refractivity contribution >= 4 is 29.7 Å². The Morgan fingerprint density at radius 3 is 2.07 bits per heavy atom. The monoisotopic (exact) mass is 781 g/mol. The minimum absolute atomic E-state index is 0.00132. The summed E-state index contributed by atoms with van der Waals surface area (Å²) in [5.41, 5.74) is -0.892. The first-order chi connectivity index (χ1) is 25.7. The van der Waals surface area contributed by atoms with Crippen molar-refractivity contribution < 1.29 is 38.6 Å². The van der Waals surface area contributed by atoms with Gasteiger partial charge in [-0.1, -0.05) is 48.5 Å². The molecule has 10 nitrogen and oxygen atoms in total. The van der Waals surface area contributed by atoms with Crippen LogP contribution in [0.5, 0.6) is 0 Å². The molecule has 2 N–H and O–H groups in total. The molecule has 0 aromatic carbocycles. The van der Waals surface area contributed by atoms with E-state index in [1.165, 1.54) is 0 Å². The second-order valence-electron chi connectivity index (χ2n) is 22.2. The lowest BCUT2D eigenvalue weighted by atomic mass is 9.33. The predicted octanol–water partition coefficient (Wildman–Crippen LogP) is 8.90. The van der Waals surface area contributed by atoms with Crippen LogP contribution >= 0.6 is 0 Å². The average Bonchev–Trinajstić information content (AvgIpc) is 3.39. The number of rotatable bonds is 7. The van der Waals surface area contributed by atoms with E-state index in [0.717, 1.165) is 56.1 Å². The largest absolute Gasteiger partial charge is 0.481 e. The molecule has 10 heteroatoms. The van der Waals surface area contributed by atoms with E-state index >= 15 is 0 Å². The molecule has 2 amide bonds. The molecule has 6 aliphatic rings. The minimum Gasteiger partial charge on any atom is -0.481 e. The maximum absolute atomic E-state index is 14.8. The van der Waals surface area contributed by atoms with Crippen molar-refractivity contribution in [3.8, 4) is 0 Å². The summed E-state index contributed by atoms with van der Waals surface area (Å²) in [4.78, 5) is 68.3. The van der Waals surface area contributed by atoms with Gasteiger partial charge in [0.15, 0.2) is 5.78 Å². The molecule has 1 aliphatic heterocycles. The molecule has 0 aromatic heterocycles. The van der Waals surface area contributed by atoms with Gasteiger partial charge in [0, 0.05) is 31.0 Å². The molecule has 1 saturated heterocycles. The fraction of sp³-hybridized carbons (Fsp3) is 0.848. The smallest absolute Gasteiger partial charge is 0.410 e. The van der Waals surface area contributed by atoms with Crippen LogP contribution in [0.25, 0.3) is 0 Å². The molecular weight excluding hydrogens is 709 g/mol. The summed E-state index contributed by atoms with van der Waals surface area (Å²) in [6.45, 7) is 26.0. The van der Waals surface area contributed by atoms with Crippen LogP contribution in [0.3, 0.4) is 0 Å². The fourth-order valence-corrected chi connectivity index (χ4v) is 13.6. The third kappa shape index (κ3) is 6.82. The molecule has 0 unspecified atom stereocenters. The molecule has 8 atom stereocenters. The highest BCUT2D eigenvalue weighted by atomic mass is 16.6. The number of fused-ring (bicyclic) bond motifs is 7. The number of carboxylic acids is 1. The zero-order valence-corrected chi connectivity index (χ0v) is 36.6. The second kappa shape index (κ2) is 14.1. The SMILES string of the molecule is CC(C)C1=C2[C@H]3CC[C@@H]4[C@@]5(C)CC[C@H](OC(=O)CC(C)(C)C(=O)O)C(C)(C)[C@@H]5CC[C@@]4(C)[C@]3(C)CC[C@@]2(C(=O)NC2CCN(C(=O)OC(C)(C)C)CC2)CC1=O. The third-order valence-corrected chi connectivity index (χ3v) is 16.7. The molecule has 5 aliphatic carbocycles. The summed E-state index contributed by atoms with van der Waals surface area (Å²) >= 11 is 0. The van der Waals surface area contributed by atoms with Gasteiger partial charge in [0.05, 0.1) is 17.3 Å². The maximum atomic E-state index is 14.8. The number of nitrogens with one attached hydrogen (secondary N) is 1. The van der Waals surface area contributed by atoms with Crippen molar-refractivity contribution in [3.05, 3.63) is 11.1 Å². The van der Waals surface area contributed by atoms with Crippen molar-refractivity contribution in [3.63, 3.8) is 0 Å². The molecule has 0 spiro atoms. The highest BCUT2D eigenvalue weighted by Crippen LogP contribution is 2.76. The van der Waals surface area contributed by atoms with Crippen LogP contribution in [0.2, 0.25) is 0 Å². The van der Waals surface area contributed by atoms with E-state index < -0.39 is 28.4 Å². The summed E-state index contributed by atoms with van der Waals surface area (Å²) < 4.78 is 11.8. The van der Waals surface area contributed by atoms with E-state index in [0.29, 0.717) is 44.2 Å². The number of Topliss-reactive ketones (excluding diaryl/α,β-unsaturated/α-hetero) is 1. The third-order valence-electron chi connectivity index (χ3n) is 16.7. The molecule has 6 rings (SSSR count). The number of allylic oxidation sites excluding steroid dienone is 1. The summed E-state index contributed by atoms with van der Waals surface area (Å²) in [6.07, 6.45) is 8.10. The lowest BCUT2D eigenvalue weighted by molar-refractivity contribution is -0.233. The predicted molar refractivity (Wildman–Crippen MR) is 214 cm³/mol. The standard InChI is InChI=1S/C46H72N2O8/c1-27(2)35-30(49)25-46(37(51)47-28-17-23-48(24-18-28)39(54)56-40(3,4)5)22-21-44(11)29(36(35)46)13-14-32-43(10)19-16-33(55-34(50)26-41(6,7)38(52)53)42(8,9)31(43)15-20-45(32,44)12/h27-29,31-33H,13-26H2,1-12H3,(H,47,51)(H,52,53)/t29-,31+,32-,33+,43+,44-,45-,46-/m1/s1. The Hall–Kier alpha value is -2.91. The minimum atomic E-state index is -1.18. The van der Waals surface area contributed by atoms with E-state index in [1.807, 2.05) is 20.8 Å². The van der Waals surface area contributed by atoms with Gasteiger partial charge in [-0.05, 0) is 150 Å². The van der Waals surface area contributed by atoms with E-state index in [4.69, 9.17) is 9.47 Å². The van der Waals surface area contributed by atoms with E-state index in [2.05, 4.69) is 53.8 Å². The number of aliphatic carboxylic acids is 1. The Bertz CT molecular complexity index is 1660. The second-order valence-corrected chi connectivity index (χ2v) is 22.2. The van der Waals surface area contributed by atoms with Gasteiger partial charge in [-0.25, -0.2) is 4.79 Å². The fourth-order valence-electron chi connectivity index (χ4n) is 13.6. The first-order valence-corrected chi connectivity index (χ1v) is 21.7. The summed E-state index contributed by atoms with van der Waals surface area (Å²) in [6, 6.07) is -0.0618. The molecule has 4 saturated carbocycles. The number of ketones is 1. The molecule has 0 aromatic rings. The normalized spacial score (nSPS) is 37.2. The zero-order valence-electron chi connectivity index (χ0n) is 36.6. The molecule has 1 heterocycles. The highest BCUT2D eigenvalue weighted by Gasteiger charge is 2.71. The zero-order chi connectivity index (χ0) is 41.6. The Morgan fingerprint density at radius 2 is 1.48 bits per heavy atom. The summed E-state index contributed by atoms with van der Waals surface area (Å²) in [5, 5.41) is 13.1. The first-order valence-electron chi connectivity index (χ1n) is 21.7. The number of carbonyl (C=O) groups excluding carboxylic acids is 4. The topological polar surface area (TPSA) is 139 Å². The number of esters is 1. The van der Waals surface area contributed by atoms with E-state index in [1.54, 1.807) is 18.7 Å². The number of nitrogens with zero attached hydrogens (tertiary/aromatic N) is 1. The molecule has 56 heavy (non-hydrogen) atoms. The molecule has 5 fully saturated rings. The van der Waals surface area contributed by atoms with Crippen LogP contribution in [-0.4, -0.2) is 70.6 Å². The van der Waals surface area contributed by atoms with Gasteiger partial charge >= 0.3 is 18.0 Å². The first kappa shape index (κ1) is 42.7. The number of amides is 2. The number of likely N-dealkylation sites (tertiary alicyclic amines) is 1. The van der Waals surface area contributed by atoms with Gasteiger partial charge in [0.1, 0.15) is 11.7 Å². The van der Waals surface area contributed by atoms with Gasteiger partial charge in [-0.3, -0.25) is 19.2 Å². The van der Waals surface area contributed by atoms with Crippen LogP contribution in [0, 0.1) is 56.2 Å². The van der Waals surface area contributed by atoms with Crippen LogP contribution in [-0.2, 0) is 28.7 Å². The maximum Gasteiger partial charge on any atom is 0.410 e. The van der Waals surface area contributed by atoms with Crippen LogP contribution in [0.15, 0.2) is 11.1 Å². The lowest BCUT2D eigenvalue weighted by Gasteiger charge is -2.72. The molecule has 0 bridgehead atoms. The molecule has 0 radical (unpaired) electrons. The molecular formula is C46H72N2O8. The van der Waals surface area contributed by atoms with Crippen molar-refractivity contribution in [1.82, 2.24) is 10.2 Å². The van der Waals surface area contributed by atoms with Crippen molar-refractivity contribution in [1.29, 1.82) is 0 Å². The van der Waals surface area contributed by atoms with Crippen LogP contribution in [0.4, 0.5) is 4.79 Å². The van der Waals surface area contributed by atoms with E-state index in [-0.39, 0.29) is 76.3 Å². The van der Waals surface area contributed by atoms with E-state index in [9.17, 15) is 29.1 Å². The number of carboxylic acid groups (broad SMARTS) is 1. The van der Waals surface area contributed by atoms with Crippen LogP contribution in [0.1, 0.15) is 160 Å². The number of ether oxygens (including phenoxy) is 2. The van der Waals surface area contributed by atoms with Gasteiger partial charge in [-0.15, -0.1) is 0 Å². The number of hydrogen-bond donors (Lipinski definition) is 2. The number of hydrogen-bond acceptors (Lipinski definition) is 7. The van der Waals surface area contributed by atoms with Gasteiger partial charge < -0.3 is 24.8 Å². The van der Waals surface area contributed by atoms with Gasteiger partial charge in [-0.2, -0.15) is 0 Å². The van der Waals surface area contributed by atoms with Crippen molar-refractivity contribution in [2.75, 3.05) is 13.1 Å². The quantitative estimate of drug-likeness (QED) is 0.244. The lowest BCUT2D eigenvalue weighted by Crippen LogP contribution is -2.66. The molecule has 314 valence electrons. The number of carbonyl (C=O) groups is 5. The average molecular weight is 781 g/mol. The van der Waals surface area contributed by atoms with Gasteiger partial charge in [0.2, 0.25) is 5.91 Å². The van der Waals surface area contributed by atoms with Crippen LogP contribution < -0.4 is 5.32 Å². The van der Waals surface area contributed by atoms with Crippen molar-refractivity contribution in [2.24, 2.45) is 56.2 Å². The summed E-state index contributed by atoms with van der Waals surface area (Å²) in [5.74, 6) is -0.355. The Kier molecular flexibility index (Phi) is 10.8. The van der Waals surface area contributed by atoms with Gasteiger partial charge in [0.25, 0.3) is 0 Å².